The van der Waals surface area contributed by atoms with E-state index < -0.39 is 0 Å². The number of hydrogen-bond acceptors (Lipinski definition) is 4. The fourth-order valence-corrected chi connectivity index (χ4v) is 2.56. The van der Waals surface area contributed by atoms with Crippen LogP contribution >= 0.6 is 0 Å². The highest BCUT2D eigenvalue weighted by atomic mass is 16.5. The Hall–Kier alpha value is -1.36. The molecule has 1 N–H and O–H groups in total. The Morgan fingerprint density at radius 3 is 3.05 bits per heavy atom. The molecule has 1 aliphatic rings. The van der Waals surface area contributed by atoms with Crippen LogP contribution in [0, 0.1) is 12.8 Å². The van der Waals surface area contributed by atoms with Crippen molar-refractivity contribution in [3.8, 4) is 0 Å². The van der Waals surface area contributed by atoms with Crippen molar-refractivity contribution >= 4 is 5.91 Å². The van der Waals surface area contributed by atoms with Crippen molar-refractivity contribution in [1.82, 2.24) is 15.4 Å². The van der Waals surface area contributed by atoms with Crippen LogP contribution in [0.5, 0.6) is 0 Å². The van der Waals surface area contributed by atoms with E-state index in [1.165, 1.54) is 12.8 Å². The molecular formula is C14H23N3O2. The van der Waals surface area contributed by atoms with Crippen LogP contribution in [-0.2, 0) is 0 Å². The third-order valence-electron chi connectivity index (χ3n) is 3.50. The second kappa shape index (κ2) is 6.70. The van der Waals surface area contributed by atoms with Gasteiger partial charge in [-0.1, -0.05) is 12.1 Å². The Morgan fingerprint density at radius 1 is 1.63 bits per heavy atom. The van der Waals surface area contributed by atoms with E-state index in [4.69, 9.17) is 4.52 Å². The van der Waals surface area contributed by atoms with Gasteiger partial charge in [-0.15, -0.1) is 0 Å². The fraction of sp³-hybridized carbons (Fsp3) is 0.714. The van der Waals surface area contributed by atoms with Gasteiger partial charge in [0.15, 0.2) is 0 Å². The van der Waals surface area contributed by atoms with Crippen LogP contribution in [0.15, 0.2) is 10.6 Å². The Morgan fingerprint density at radius 2 is 2.47 bits per heavy atom. The molecule has 1 aromatic rings. The molecule has 1 aliphatic heterocycles. The maximum Gasteiger partial charge on any atom is 0.292 e. The Labute approximate surface area is 114 Å². The summed E-state index contributed by atoms with van der Waals surface area (Å²) in [4.78, 5) is 14.3. The molecule has 1 fully saturated rings. The van der Waals surface area contributed by atoms with Crippen LogP contribution in [0.25, 0.3) is 0 Å². The van der Waals surface area contributed by atoms with Crippen molar-refractivity contribution in [2.45, 2.75) is 33.1 Å². The molecule has 0 aliphatic carbocycles. The average molecular weight is 265 g/mol. The molecule has 0 aromatic carbocycles. The number of aromatic nitrogens is 1. The number of hydrogen-bond donors (Lipinski definition) is 1. The van der Waals surface area contributed by atoms with Crippen LogP contribution < -0.4 is 5.32 Å². The maximum absolute atomic E-state index is 12.4. The van der Waals surface area contributed by atoms with Gasteiger partial charge in [-0.25, -0.2) is 0 Å². The largest absolute Gasteiger partial charge is 0.351 e. The van der Waals surface area contributed by atoms with E-state index in [1.807, 2.05) is 11.8 Å². The maximum atomic E-state index is 12.4. The molecule has 1 amide bonds. The quantitative estimate of drug-likeness (QED) is 0.882. The van der Waals surface area contributed by atoms with E-state index in [9.17, 15) is 4.79 Å². The Kier molecular flexibility index (Phi) is 4.96. The molecule has 0 spiro atoms. The SMILES string of the molecule is CCCN(CC1CCCNC1)C(=O)c1cc(C)no1. The van der Waals surface area contributed by atoms with Gasteiger partial charge in [-0.2, -0.15) is 0 Å². The van der Waals surface area contributed by atoms with Crippen LogP contribution in [0.4, 0.5) is 0 Å². The second-order valence-electron chi connectivity index (χ2n) is 5.30. The highest BCUT2D eigenvalue weighted by Crippen LogP contribution is 2.15. The first kappa shape index (κ1) is 14.1. The van der Waals surface area contributed by atoms with Crippen LogP contribution in [0.2, 0.25) is 0 Å². The summed E-state index contributed by atoms with van der Waals surface area (Å²) in [5.41, 5.74) is 0.749. The topological polar surface area (TPSA) is 58.4 Å². The fourth-order valence-electron chi connectivity index (χ4n) is 2.56. The molecule has 5 heteroatoms. The van der Waals surface area contributed by atoms with Crippen LogP contribution in [0.1, 0.15) is 42.4 Å². The number of amides is 1. The number of piperidine rings is 1. The monoisotopic (exact) mass is 265 g/mol. The number of carbonyl (C=O) groups is 1. The van der Waals surface area contributed by atoms with Crippen molar-refractivity contribution in [1.29, 1.82) is 0 Å². The highest BCUT2D eigenvalue weighted by molar-refractivity contribution is 5.91. The molecule has 1 atom stereocenters. The van der Waals surface area contributed by atoms with Crippen LogP contribution in [-0.4, -0.2) is 42.1 Å². The molecule has 0 saturated carbocycles. The predicted octanol–water partition coefficient (Wildman–Crippen LogP) is 1.83. The van der Waals surface area contributed by atoms with Gasteiger partial charge in [-0.3, -0.25) is 4.79 Å². The molecule has 1 unspecified atom stereocenters. The molecular weight excluding hydrogens is 242 g/mol. The lowest BCUT2D eigenvalue weighted by atomic mass is 9.99. The summed E-state index contributed by atoms with van der Waals surface area (Å²) in [6.07, 6.45) is 3.34. The van der Waals surface area contributed by atoms with E-state index in [-0.39, 0.29) is 5.91 Å². The van der Waals surface area contributed by atoms with Gasteiger partial charge in [0.1, 0.15) is 0 Å². The zero-order valence-electron chi connectivity index (χ0n) is 11.8. The van der Waals surface area contributed by atoms with E-state index in [1.54, 1.807) is 6.07 Å². The van der Waals surface area contributed by atoms with Gasteiger partial charge >= 0.3 is 0 Å². The summed E-state index contributed by atoms with van der Waals surface area (Å²) < 4.78 is 5.09. The van der Waals surface area contributed by atoms with Crippen molar-refractivity contribution in [3.63, 3.8) is 0 Å². The first-order valence-corrected chi connectivity index (χ1v) is 7.14. The zero-order valence-corrected chi connectivity index (χ0v) is 11.8. The lowest BCUT2D eigenvalue weighted by molar-refractivity contribution is 0.0677. The Balaban J connectivity index is 1.99. The van der Waals surface area contributed by atoms with E-state index >= 15 is 0 Å². The molecule has 0 radical (unpaired) electrons. The predicted molar refractivity (Wildman–Crippen MR) is 73.0 cm³/mol. The average Bonchev–Trinajstić information content (AvgIpc) is 2.85. The van der Waals surface area contributed by atoms with Crippen molar-refractivity contribution in [2.75, 3.05) is 26.2 Å². The summed E-state index contributed by atoms with van der Waals surface area (Å²) in [7, 11) is 0. The number of rotatable bonds is 5. The normalized spacial score (nSPS) is 19.4. The minimum Gasteiger partial charge on any atom is -0.351 e. The van der Waals surface area contributed by atoms with Gasteiger partial charge in [-0.05, 0) is 45.2 Å². The van der Waals surface area contributed by atoms with Gasteiger partial charge in [0.2, 0.25) is 5.76 Å². The van der Waals surface area contributed by atoms with Gasteiger partial charge in [0.25, 0.3) is 5.91 Å². The molecule has 106 valence electrons. The smallest absolute Gasteiger partial charge is 0.292 e. The minimum atomic E-state index is -0.0342. The standard InChI is InChI=1S/C14H23N3O2/c1-3-7-17(10-12-5-4-6-15-9-12)14(18)13-8-11(2)16-19-13/h8,12,15H,3-7,9-10H2,1-2H3. The molecule has 19 heavy (non-hydrogen) atoms. The zero-order chi connectivity index (χ0) is 13.7. The second-order valence-corrected chi connectivity index (χ2v) is 5.30. The van der Waals surface area contributed by atoms with E-state index in [0.29, 0.717) is 11.7 Å². The number of aryl methyl sites for hydroxylation is 1. The molecule has 2 heterocycles. The van der Waals surface area contributed by atoms with Crippen LogP contribution in [0.3, 0.4) is 0 Å². The van der Waals surface area contributed by atoms with Crippen molar-refractivity contribution in [3.05, 3.63) is 17.5 Å². The molecule has 2 rings (SSSR count). The summed E-state index contributed by atoms with van der Waals surface area (Å²) >= 11 is 0. The summed E-state index contributed by atoms with van der Waals surface area (Å²) in [6, 6.07) is 1.71. The third-order valence-corrected chi connectivity index (χ3v) is 3.50. The first-order valence-electron chi connectivity index (χ1n) is 7.14. The Bertz CT molecular complexity index is 411. The summed E-state index contributed by atoms with van der Waals surface area (Å²) in [5.74, 6) is 0.871. The lowest BCUT2D eigenvalue weighted by Gasteiger charge is -2.29. The number of nitrogens with one attached hydrogen (secondary N) is 1. The molecule has 0 bridgehead atoms. The lowest BCUT2D eigenvalue weighted by Crippen LogP contribution is -2.41. The molecule has 5 nitrogen and oxygen atoms in total. The van der Waals surface area contributed by atoms with Crippen molar-refractivity contribution in [2.24, 2.45) is 5.92 Å². The highest BCUT2D eigenvalue weighted by Gasteiger charge is 2.23. The van der Waals surface area contributed by atoms with Gasteiger partial charge in [0.05, 0.1) is 5.69 Å². The number of nitrogens with zero attached hydrogens (tertiary/aromatic N) is 2. The van der Waals surface area contributed by atoms with Crippen molar-refractivity contribution < 1.29 is 9.32 Å². The van der Waals surface area contributed by atoms with Gasteiger partial charge in [0, 0.05) is 19.2 Å². The van der Waals surface area contributed by atoms with E-state index in [0.717, 1.165) is 38.3 Å². The third kappa shape index (κ3) is 3.80. The summed E-state index contributed by atoms with van der Waals surface area (Å²) in [5, 5.41) is 7.18. The molecule has 1 saturated heterocycles. The molecule has 1 aromatic heterocycles. The number of carbonyl (C=O) groups excluding carboxylic acids is 1. The van der Waals surface area contributed by atoms with E-state index in [2.05, 4.69) is 17.4 Å². The van der Waals surface area contributed by atoms with Gasteiger partial charge < -0.3 is 14.7 Å². The first-order chi connectivity index (χ1) is 9.20. The minimum absolute atomic E-state index is 0.0342. The summed E-state index contributed by atoms with van der Waals surface area (Å²) in [6.45, 7) is 7.59.